The fourth-order valence-corrected chi connectivity index (χ4v) is 2.52. The largest absolute Gasteiger partial charge is 0.391 e. The zero-order valence-corrected chi connectivity index (χ0v) is 11.9. The monoisotopic (exact) mass is 271 g/mol. The molecule has 0 spiro atoms. The van der Waals surface area contributed by atoms with Crippen LogP contribution < -0.4 is 4.72 Å². The van der Waals surface area contributed by atoms with E-state index in [0.29, 0.717) is 0 Å². The molecule has 0 bridgehead atoms. The zero-order valence-electron chi connectivity index (χ0n) is 11.1. The summed E-state index contributed by atoms with van der Waals surface area (Å²) in [6, 6.07) is 6.62. The Hall–Kier alpha value is -0.910. The molecule has 2 unspecified atom stereocenters. The van der Waals surface area contributed by atoms with Crippen molar-refractivity contribution in [1.29, 1.82) is 0 Å². The molecule has 1 aromatic carbocycles. The lowest BCUT2D eigenvalue weighted by Gasteiger charge is -2.17. The Labute approximate surface area is 109 Å². The number of hydrogen-bond acceptors (Lipinski definition) is 3. The SMILES string of the molecule is CCC(C)C(O)CNS(=O)(=O)c1ccc(C)cc1. The van der Waals surface area contributed by atoms with Gasteiger partial charge in [-0.2, -0.15) is 0 Å². The molecule has 0 saturated carbocycles. The van der Waals surface area contributed by atoms with Gasteiger partial charge in [0.05, 0.1) is 11.0 Å². The van der Waals surface area contributed by atoms with E-state index < -0.39 is 16.1 Å². The number of aryl methyl sites for hydroxylation is 1. The van der Waals surface area contributed by atoms with Gasteiger partial charge in [-0.15, -0.1) is 0 Å². The second-order valence-electron chi connectivity index (χ2n) is 4.62. The third-order valence-electron chi connectivity index (χ3n) is 3.11. The van der Waals surface area contributed by atoms with Crippen molar-refractivity contribution in [3.05, 3.63) is 29.8 Å². The van der Waals surface area contributed by atoms with Crippen LogP contribution in [0.5, 0.6) is 0 Å². The number of sulfonamides is 1. The molecule has 1 aromatic rings. The third-order valence-corrected chi connectivity index (χ3v) is 4.55. The minimum Gasteiger partial charge on any atom is -0.391 e. The Morgan fingerprint density at radius 3 is 2.33 bits per heavy atom. The van der Waals surface area contributed by atoms with Crippen molar-refractivity contribution in [3.8, 4) is 0 Å². The quantitative estimate of drug-likeness (QED) is 0.827. The highest BCUT2D eigenvalue weighted by atomic mass is 32.2. The van der Waals surface area contributed by atoms with Crippen LogP contribution in [0.2, 0.25) is 0 Å². The molecule has 0 aliphatic rings. The lowest BCUT2D eigenvalue weighted by atomic mass is 10.0. The average Bonchev–Trinajstić information content (AvgIpc) is 2.35. The summed E-state index contributed by atoms with van der Waals surface area (Å²) in [6.45, 7) is 5.80. The molecule has 5 heteroatoms. The first-order valence-corrected chi connectivity index (χ1v) is 7.59. The maximum absolute atomic E-state index is 11.9. The molecular weight excluding hydrogens is 250 g/mol. The highest BCUT2D eigenvalue weighted by molar-refractivity contribution is 7.89. The predicted molar refractivity (Wildman–Crippen MR) is 71.8 cm³/mol. The zero-order chi connectivity index (χ0) is 13.8. The van der Waals surface area contributed by atoms with E-state index >= 15 is 0 Å². The molecule has 0 amide bonds. The molecule has 1 rings (SSSR count). The first kappa shape index (κ1) is 15.1. The van der Waals surface area contributed by atoms with Crippen LogP contribution in [0.1, 0.15) is 25.8 Å². The number of nitrogens with one attached hydrogen (secondary N) is 1. The molecular formula is C13H21NO3S. The Bertz CT molecular complexity index is 468. The molecule has 0 heterocycles. The molecule has 0 aromatic heterocycles. The van der Waals surface area contributed by atoms with E-state index in [1.54, 1.807) is 24.3 Å². The Kier molecular flexibility index (Phi) is 5.31. The van der Waals surface area contributed by atoms with Gasteiger partial charge < -0.3 is 5.11 Å². The lowest BCUT2D eigenvalue weighted by molar-refractivity contribution is 0.118. The van der Waals surface area contributed by atoms with Gasteiger partial charge in [0.2, 0.25) is 10.0 Å². The fourth-order valence-electron chi connectivity index (χ4n) is 1.47. The van der Waals surface area contributed by atoms with Crippen LogP contribution in [0.3, 0.4) is 0 Å². The summed E-state index contributed by atoms with van der Waals surface area (Å²) < 4.78 is 26.3. The molecule has 0 fully saturated rings. The van der Waals surface area contributed by atoms with E-state index in [1.807, 2.05) is 20.8 Å². The van der Waals surface area contributed by atoms with Gasteiger partial charge in [0.1, 0.15) is 0 Å². The summed E-state index contributed by atoms with van der Waals surface area (Å²) in [5, 5.41) is 9.75. The minimum atomic E-state index is -3.52. The summed E-state index contributed by atoms with van der Waals surface area (Å²) in [7, 11) is -3.52. The van der Waals surface area contributed by atoms with Gasteiger partial charge in [0.15, 0.2) is 0 Å². The van der Waals surface area contributed by atoms with Gasteiger partial charge in [-0.25, -0.2) is 13.1 Å². The van der Waals surface area contributed by atoms with Gasteiger partial charge in [0.25, 0.3) is 0 Å². The molecule has 2 N–H and O–H groups in total. The van der Waals surface area contributed by atoms with Gasteiger partial charge in [-0.1, -0.05) is 38.0 Å². The highest BCUT2D eigenvalue weighted by Gasteiger charge is 2.18. The Balaban J connectivity index is 2.68. The molecule has 0 saturated heterocycles. The van der Waals surface area contributed by atoms with E-state index in [0.717, 1.165) is 12.0 Å². The number of rotatable bonds is 6. The normalized spacial score (nSPS) is 15.3. The smallest absolute Gasteiger partial charge is 0.240 e. The summed E-state index contributed by atoms with van der Waals surface area (Å²) in [6.07, 6.45) is 0.156. The van der Waals surface area contributed by atoms with Gasteiger partial charge in [0, 0.05) is 6.54 Å². The summed E-state index contributed by atoms with van der Waals surface area (Å²) in [5.41, 5.74) is 1.01. The van der Waals surface area contributed by atoms with E-state index in [1.165, 1.54) is 0 Å². The van der Waals surface area contributed by atoms with Gasteiger partial charge in [-0.05, 0) is 25.0 Å². The highest BCUT2D eigenvalue weighted by Crippen LogP contribution is 2.11. The predicted octanol–water partition coefficient (Wildman–Crippen LogP) is 1.68. The molecule has 102 valence electrons. The van der Waals surface area contributed by atoms with Crippen LogP contribution in [0.25, 0.3) is 0 Å². The van der Waals surface area contributed by atoms with Crippen LogP contribution in [-0.2, 0) is 10.0 Å². The van der Waals surface area contributed by atoms with Crippen molar-refractivity contribution in [2.45, 2.75) is 38.2 Å². The van der Waals surface area contributed by atoms with Crippen molar-refractivity contribution in [2.75, 3.05) is 6.54 Å². The second kappa shape index (κ2) is 6.31. The van der Waals surface area contributed by atoms with E-state index in [2.05, 4.69) is 4.72 Å². The molecule has 0 aliphatic heterocycles. The maximum Gasteiger partial charge on any atom is 0.240 e. The van der Waals surface area contributed by atoms with Gasteiger partial charge >= 0.3 is 0 Å². The maximum atomic E-state index is 11.9. The Morgan fingerprint density at radius 1 is 1.28 bits per heavy atom. The van der Waals surface area contributed by atoms with Crippen LogP contribution in [-0.4, -0.2) is 26.2 Å². The van der Waals surface area contributed by atoms with Crippen LogP contribution in [0, 0.1) is 12.8 Å². The summed E-state index contributed by atoms with van der Waals surface area (Å²) >= 11 is 0. The standard InChI is InChI=1S/C13H21NO3S/c1-4-11(3)13(15)9-14-18(16,17)12-7-5-10(2)6-8-12/h5-8,11,13-15H,4,9H2,1-3H3. The van der Waals surface area contributed by atoms with Crippen LogP contribution in [0.15, 0.2) is 29.2 Å². The number of aliphatic hydroxyl groups excluding tert-OH is 1. The van der Waals surface area contributed by atoms with E-state index in [4.69, 9.17) is 0 Å². The van der Waals surface area contributed by atoms with Crippen molar-refractivity contribution in [2.24, 2.45) is 5.92 Å². The Morgan fingerprint density at radius 2 is 1.83 bits per heavy atom. The molecule has 0 radical (unpaired) electrons. The van der Waals surface area contributed by atoms with Crippen LogP contribution >= 0.6 is 0 Å². The number of hydrogen-bond donors (Lipinski definition) is 2. The third kappa shape index (κ3) is 4.08. The molecule has 18 heavy (non-hydrogen) atoms. The van der Waals surface area contributed by atoms with Crippen molar-refractivity contribution >= 4 is 10.0 Å². The molecule has 2 atom stereocenters. The second-order valence-corrected chi connectivity index (χ2v) is 6.38. The summed E-state index contributed by atoms with van der Waals surface area (Å²) in [4.78, 5) is 0.226. The van der Waals surface area contributed by atoms with E-state index in [9.17, 15) is 13.5 Å². The topological polar surface area (TPSA) is 66.4 Å². The fraction of sp³-hybridized carbons (Fsp3) is 0.538. The van der Waals surface area contributed by atoms with Crippen molar-refractivity contribution < 1.29 is 13.5 Å². The van der Waals surface area contributed by atoms with Gasteiger partial charge in [-0.3, -0.25) is 0 Å². The van der Waals surface area contributed by atoms with Crippen molar-refractivity contribution in [3.63, 3.8) is 0 Å². The number of aliphatic hydroxyl groups is 1. The summed E-state index contributed by atoms with van der Waals surface area (Å²) in [5.74, 6) is 0.0747. The molecule has 4 nitrogen and oxygen atoms in total. The number of benzene rings is 1. The first-order valence-electron chi connectivity index (χ1n) is 6.11. The van der Waals surface area contributed by atoms with Crippen molar-refractivity contribution in [1.82, 2.24) is 4.72 Å². The van der Waals surface area contributed by atoms with Crippen LogP contribution in [0.4, 0.5) is 0 Å². The lowest BCUT2D eigenvalue weighted by Crippen LogP contribution is -2.35. The average molecular weight is 271 g/mol. The minimum absolute atomic E-state index is 0.0468. The van der Waals surface area contributed by atoms with E-state index in [-0.39, 0.29) is 17.4 Å². The molecule has 0 aliphatic carbocycles. The first-order chi connectivity index (χ1) is 8.36.